The lowest BCUT2D eigenvalue weighted by molar-refractivity contribution is -0.118. The minimum atomic E-state index is 0. The quantitative estimate of drug-likeness (QED) is 0.626. The lowest BCUT2D eigenvalue weighted by Gasteiger charge is -2.32. The Morgan fingerprint density at radius 1 is 1.17 bits per heavy atom. The van der Waals surface area contributed by atoms with E-state index >= 15 is 0 Å². The van der Waals surface area contributed by atoms with Crippen LogP contribution in [0.1, 0.15) is 32.1 Å². The molecule has 3 heteroatoms. The van der Waals surface area contributed by atoms with Gasteiger partial charge in [0.2, 0.25) is 0 Å². The highest BCUT2D eigenvalue weighted by Gasteiger charge is 2.38. The Hall–Kier alpha value is -0.0800. The van der Waals surface area contributed by atoms with Crippen molar-refractivity contribution in [1.82, 2.24) is 5.32 Å². The molecule has 1 saturated heterocycles. The molecule has 70 valence electrons. The van der Waals surface area contributed by atoms with Crippen LogP contribution in [0.25, 0.3) is 0 Å². The molecule has 2 nitrogen and oxygen atoms in total. The summed E-state index contributed by atoms with van der Waals surface area (Å²) in [6.07, 6.45) is 5.32. The summed E-state index contributed by atoms with van der Waals surface area (Å²) in [7, 11) is 0. The zero-order valence-corrected chi connectivity index (χ0v) is 8.08. The van der Waals surface area contributed by atoms with Crippen molar-refractivity contribution in [2.45, 2.75) is 32.1 Å². The number of carbonyl (C=O) groups is 1. The molecule has 0 aromatic rings. The highest BCUT2D eigenvalue weighted by atomic mass is 35.5. The van der Waals surface area contributed by atoms with Crippen LogP contribution in [0, 0.1) is 5.41 Å². The Labute approximate surface area is 79.5 Å². The molecule has 0 aromatic carbocycles. The molecule has 0 aromatic heterocycles. The van der Waals surface area contributed by atoms with Gasteiger partial charge in [0.1, 0.15) is 5.78 Å². The van der Waals surface area contributed by atoms with E-state index in [1.54, 1.807) is 0 Å². The van der Waals surface area contributed by atoms with Gasteiger partial charge in [0.25, 0.3) is 0 Å². The van der Waals surface area contributed by atoms with Gasteiger partial charge >= 0.3 is 0 Å². The predicted molar refractivity (Wildman–Crippen MR) is 50.6 cm³/mol. The molecule has 2 aliphatic rings. The van der Waals surface area contributed by atoms with Crippen LogP contribution in [-0.4, -0.2) is 18.9 Å². The molecule has 1 saturated carbocycles. The number of Topliss-reactive ketones (excluding diaryl/α,β-unsaturated/α-hetero) is 1. The van der Waals surface area contributed by atoms with E-state index in [1.807, 2.05) is 0 Å². The van der Waals surface area contributed by atoms with Gasteiger partial charge in [0.05, 0.1) is 0 Å². The van der Waals surface area contributed by atoms with Gasteiger partial charge in [-0.15, -0.1) is 12.4 Å². The summed E-state index contributed by atoms with van der Waals surface area (Å²) in [5, 5.41) is 3.34. The summed E-state index contributed by atoms with van der Waals surface area (Å²) in [4.78, 5) is 11.1. The number of rotatable bonds is 0. The van der Waals surface area contributed by atoms with E-state index in [0.717, 1.165) is 32.4 Å². The molecule has 0 amide bonds. The Morgan fingerprint density at radius 2 is 1.83 bits per heavy atom. The molecular weight excluding hydrogens is 174 g/mol. The molecule has 0 radical (unpaired) electrons. The molecule has 0 unspecified atom stereocenters. The van der Waals surface area contributed by atoms with Gasteiger partial charge in [-0.2, -0.15) is 0 Å². The summed E-state index contributed by atoms with van der Waals surface area (Å²) >= 11 is 0. The minimum Gasteiger partial charge on any atom is -0.317 e. The maximum Gasteiger partial charge on any atom is 0.133 e. The van der Waals surface area contributed by atoms with Crippen LogP contribution < -0.4 is 5.32 Å². The maximum absolute atomic E-state index is 11.1. The third-order valence-electron chi connectivity index (χ3n) is 3.17. The number of halogens is 1. The fourth-order valence-electron chi connectivity index (χ4n) is 2.38. The number of hydrogen-bond donors (Lipinski definition) is 1. The largest absolute Gasteiger partial charge is 0.317 e. The van der Waals surface area contributed by atoms with E-state index in [4.69, 9.17) is 0 Å². The third-order valence-corrected chi connectivity index (χ3v) is 3.17. The van der Waals surface area contributed by atoms with E-state index in [9.17, 15) is 4.79 Å². The maximum atomic E-state index is 11.1. The van der Waals surface area contributed by atoms with E-state index in [-0.39, 0.29) is 12.4 Å². The number of piperidine rings is 1. The molecule has 12 heavy (non-hydrogen) atoms. The van der Waals surface area contributed by atoms with Crippen molar-refractivity contribution in [3.05, 3.63) is 0 Å². The first-order valence-electron chi connectivity index (χ1n) is 4.53. The SMILES string of the molecule is Cl.O=C1CCC2(CCNCC2)C1. The topological polar surface area (TPSA) is 29.1 Å². The van der Waals surface area contributed by atoms with Gasteiger partial charge < -0.3 is 5.32 Å². The van der Waals surface area contributed by atoms with Crippen LogP contribution in [0.4, 0.5) is 0 Å². The number of hydrogen-bond acceptors (Lipinski definition) is 2. The van der Waals surface area contributed by atoms with Crippen LogP contribution in [0.2, 0.25) is 0 Å². The lowest BCUT2D eigenvalue weighted by Crippen LogP contribution is -2.35. The van der Waals surface area contributed by atoms with Crippen molar-refractivity contribution < 1.29 is 4.79 Å². The van der Waals surface area contributed by atoms with E-state index in [1.165, 1.54) is 12.8 Å². The summed E-state index contributed by atoms with van der Waals surface area (Å²) in [6.45, 7) is 2.24. The van der Waals surface area contributed by atoms with Gasteiger partial charge in [0.15, 0.2) is 0 Å². The second-order valence-corrected chi connectivity index (χ2v) is 3.97. The summed E-state index contributed by atoms with van der Waals surface area (Å²) in [6, 6.07) is 0. The lowest BCUT2D eigenvalue weighted by atomic mass is 9.78. The first kappa shape index (κ1) is 10.0. The van der Waals surface area contributed by atoms with Crippen LogP contribution in [0.15, 0.2) is 0 Å². The summed E-state index contributed by atoms with van der Waals surface area (Å²) in [5.74, 6) is 0.493. The average molecular weight is 190 g/mol. The predicted octanol–water partition coefficient (Wildman–Crippen LogP) is 1.53. The van der Waals surface area contributed by atoms with Crippen LogP contribution in [0.3, 0.4) is 0 Å². The zero-order valence-electron chi connectivity index (χ0n) is 7.27. The molecule has 0 atom stereocenters. The molecule has 1 aliphatic heterocycles. The molecular formula is C9H16ClNO. The van der Waals surface area contributed by atoms with Gasteiger partial charge in [-0.25, -0.2) is 0 Å². The van der Waals surface area contributed by atoms with Crippen molar-refractivity contribution in [2.24, 2.45) is 5.41 Å². The Kier molecular flexibility index (Phi) is 3.13. The van der Waals surface area contributed by atoms with Gasteiger partial charge in [0, 0.05) is 12.8 Å². The molecule has 1 N–H and O–H groups in total. The highest BCUT2D eigenvalue weighted by molar-refractivity contribution is 5.85. The Bertz CT molecular complexity index is 175. The first-order chi connectivity index (χ1) is 5.31. The van der Waals surface area contributed by atoms with Crippen molar-refractivity contribution in [3.63, 3.8) is 0 Å². The second kappa shape index (κ2) is 3.75. The minimum absolute atomic E-state index is 0. The Balaban J connectivity index is 0.000000720. The van der Waals surface area contributed by atoms with Gasteiger partial charge in [-0.1, -0.05) is 0 Å². The molecule has 2 fully saturated rings. The first-order valence-corrected chi connectivity index (χ1v) is 4.53. The second-order valence-electron chi connectivity index (χ2n) is 3.97. The number of ketones is 1. The third kappa shape index (κ3) is 1.80. The molecule has 1 spiro atoms. The standard InChI is InChI=1S/C9H15NO.ClH/c11-8-1-2-9(7-8)3-5-10-6-4-9;/h10H,1-7H2;1H. The molecule has 0 bridgehead atoms. The monoisotopic (exact) mass is 189 g/mol. The van der Waals surface area contributed by atoms with E-state index in [2.05, 4.69) is 5.32 Å². The van der Waals surface area contributed by atoms with Crippen LogP contribution in [0.5, 0.6) is 0 Å². The van der Waals surface area contributed by atoms with Crippen molar-refractivity contribution in [1.29, 1.82) is 0 Å². The van der Waals surface area contributed by atoms with Gasteiger partial charge in [-0.05, 0) is 37.8 Å². The van der Waals surface area contributed by atoms with Gasteiger partial charge in [-0.3, -0.25) is 4.79 Å². The van der Waals surface area contributed by atoms with Crippen molar-refractivity contribution in [2.75, 3.05) is 13.1 Å². The molecule has 1 heterocycles. The number of nitrogens with one attached hydrogen (secondary N) is 1. The van der Waals surface area contributed by atoms with Crippen LogP contribution in [-0.2, 0) is 4.79 Å². The summed E-state index contributed by atoms with van der Waals surface area (Å²) < 4.78 is 0. The van der Waals surface area contributed by atoms with E-state index in [0.29, 0.717) is 11.2 Å². The normalized spacial score (nSPS) is 27.2. The summed E-state index contributed by atoms with van der Waals surface area (Å²) in [5.41, 5.74) is 0.433. The molecule has 2 rings (SSSR count). The fraction of sp³-hybridized carbons (Fsp3) is 0.889. The van der Waals surface area contributed by atoms with Crippen molar-refractivity contribution >= 4 is 18.2 Å². The highest BCUT2D eigenvalue weighted by Crippen LogP contribution is 2.42. The van der Waals surface area contributed by atoms with Crippen molar-refractivity contribution in [3.8, 4) is 0 Å². The average Bonchev–Trinajstić information content (AvgIpc) is 2.34. The molecule has 1 aliphatic carbocycles. The van der Waals surface area contributed by atoms with E-state index < -0.39 is 0 Å². The van der Waals surface area contributed by atoms with Crippen LogP contribution >= 0.6 is 12.4 Å². The zero-order chi connectivity index (χ0) is 7.73. The number of carbonyl (C=O) groups excluding carboxylic acids is 1. The smallest absolute Gasteiger partial charge is 0.133 e. The Morgan fingerprint density at radius 3 is 2.33 bits per heavy atom. The fourth-order valence-corrected chi connectivity index (χ4v) is 2.38.